The van der Waals surface area contributed by atoms with Crippen LogP contribution in [-0.2, 0) is 11.8 Å². The molecule has 0 spiro atoms. The van der Waals surface area contributed by atoms with Crippen LogP contribution in [0.4, 0.5) is 5.69 Å². The van der Waals surface area contributed by atoms with Crippen LogP contribution in [0.2, 0.25) is 0 Å². The molecule has 1 aliphatic rings. The number of carbonyl (C=O) groups is 1. The number of aromatic nitrogens is 4. The Labute approximate surface area is 263 Å². The summed E-state index contributed by atoms with van der Waals surface area (Å²) in [7, 11) is 1.80. The SMILES string of the molecule is CCCSc1ccc(-c2nn(-c3ccccc3)cc2C=C2SC(=S)N(c3c(C)n(C)n(-c4ccccc4)c3=O)C2=O)cc1. The van der Waals surface area contributed by atoms with Crippen LogP contribution in [0.15, 0.2) is 106 Å². The molecule has 0 saturated carbocycles. The summed E-state index contributed by atoms with van der Waals surface area (Å²) in [5, 5.41) is 4.92. The van der Waals surface area contributed by atoms with Gasteiger partial charge in [0.25, 0.3) is 11.5 Å². The van der Waals surface area contributed by atoms with Crippen molar-refractivity contribution < 1.29 is 4.79 Å². The number of carbonyl (C=O) groups excluding carboxylic acids is 1. The number of anilines is 1. The van der Waals surface area contributed by atoms with Gasteiger partial charge in [-0.2, -0.15) is 5.10 Å². The summed E-state index contributed by atoms with van der Waals surface area (Å²) in [4.78, 5) is 30.6. The average molecular weight is 624 g/mol. The van der Waals surface area contributed by atoms with Crippen LogP contribution in [0.5, 0.6) is 0 Å². The quantitative estimate of drug-likeness (QED) is 0.103. The van der Waals surface area contributed by atoms with E-state index in [1.54, 1.807) is 16.4 Å². The molecular weight excluding hydrogens is 595 g/mol. The van der Waals surface area contributed by atoms with Crippen molar-refractivity contribution in [2.45, 2.75) is 25.2 Å². The Morgan fingerprint density at radius 1 is 0.930 bits per heavy atom. The number of nitrogens with zero attached hydrogens (tertiary/aromatic N) is 5. The normalized spacial score (nSPS) is 14.3. The zero-order valence-electron chi connectivity index (χ0n) is 23.9. The molecule has 1 fully saturated rings. The summed E-state index contributed by atoms with van der Waals surface area (Å²) in [6, 6.07) is 27.6. The predicted molar refractivity (Wildman–Crippen MR) is 181 cm³/mol. The molecule has 0 radical (unpaired) electrons. The maximum Gasteiger partial charge on any atom is 0.296 e. The fourth-order valence-corrected chi connectivity index (χ4v) is 7.00. The van der Waals surface area contributed by atoms with E-state index in [2.05, 4.69) is 31.2 Å². The molecule has 1 aliphatic heterocycles. The summed E-state index contributed by atoms with van der Waals surface area (Å²) in [6.45, 7) is 3.99. The number of thioether (sulfide) groups is 2. The number of amides is 1. The van der Waals surface area contributed by atoms with Gasteiger partial charge in [0.15, 0.2) is 4.32 Å². The molecule has 6 rings (SSSR count). The van der Waals surface area contributed by atoms with Gasteiger partial charge in [0, 0.05) is 29.3 Å². The highest BCUT2D eigenvalue weighted by Gasteiger charge is 2.38. The van der Waals surface area contributed by atoms with Gasteiger partial charge in [-0.3, -0.25) is 19.2 Å². The Kier molecular flexibility index (Phi) is 8.25. The molecule has 1 saturated heterocycles. The van der Waals surface area contributed by atoms with Gasteiger partial charge < -0.3 is 0 Å². The molecule has 2 aromatic heterocycles. The minimum absolute atomic E-state index is 0.262. The molecule has 7 nitrogen and oxygen atoms in total. The fraction of sp³-hybridized carbons (Fsp3) is 0.152. The zero-order chi connectivity index (χ0) is 30.1. The van der Waals surface area contributed by atoms with Crippen molar-refractivity contribution in [1.82, 2.24) is 19.1 Å². The Bertz CT molecular complexity index is 1910. The van der Waals surface area contributed by atoms with Gasteiger partial charge >= 0.3 is 0 Å². The first kappa shape index (κ1) is 29.0. The summed E-state index contributed by atoms with van der Waals surface area (Å²) < 4.78 is 5.44. The molecule has 3 aromatic carbocycles. The van der Waals surface area contributed by atoms with E-state index in [1.807, 2.05) is 96.3 Å². The van der Waals surface area contributed by atoms with Crippen molar-refractivity contribution in [2.24, 2.45) is 7.05 Å². The second-order valence-electron chi connectivity index (χ2n) is 10.0. The second kappa shape index (κ2) is 12.2. The van der Waals surface area contributed by atoms with E-state index < -0.39 is 0 Å². The molecule has 0 N–H and O–H groups in total. The molecule has 1 amide bonds. The lowest BCUT2D eigenvalue weighted by molar-refractivity contribution is -0.113. The summed E-state index contributed by atoms with van der Waals surface area (Å²) >= 11 is 8.70. The Morgan fingerprint density at radius 3 is 2.23 bits per heavy atom. The van der Waals surface area contributed by atoms with Gasteiger partial charge in [0.2, 0.25) is 0 Å². The first-order chi connectivity index (χ1) is 20.9. The minimum Gasteiger partial charge on any atom is -0.283 e. The molecule has 10 heteroatoms. The van der Waals surface area contributed by atoms with Gasteiger partial charge in [0.05, 0.1) is 27.7 Å². The van der Waals surface area contributed by atoms with Gasteiger partial charge in [-0.05, 0) is 61.6 Å². The predicted octanol–water partition coefficient (Wildman–Crippen LogP) is 7.25. The maximum absolute atomic E-state index is 13.9. The molecule has 0 unspecified atom stereocenters. The largest absolute Gasteiger partial charge is 0.296 e. The lowest BCUT2D eigenvalue weighted by Crippen LogP contribution is -2.33. The third-order valence-electron chi connectivity index (χ3n) is 7.19. The lowest BCUT2D eigenvalue weighted by Gasteiger charge is -2.12. The molecule has 5 aromatic rings. The maximum atomic E-state index is 13.9. The van der Waals surface area contributed by atoms with Crippen LogP contribution < -0.4 is 10.5 Å². The number of rotatable bonds is 8. The second-order valence-corrected chi connectivity index (χ2v) is 12.9. The standard InChI is InChI=1S/C33H29N5O2S3/c1-4-19-42-27-17-15-23(16-18-27)29-24(21-36(34-29)25-11-7-5-8-12-25)20-28-31(39)37(33(41)43-28)30-22(2)35(3)38(32(30)40)26-13-9-6-10-14-26/h5-18,20-21H,4,19H2,1-3H3. The number of benzene rings is 3. The van der Waals surface area contributed by atoms with E-state index in [0.717, 1.165) is 34.7 Å². The van der Waals surface area contributed by atoms with Crippen LogP contribution in [0.3, 0.4) is 0 Å². The highest BCUT2D eigenvalue weighted by Crippen LogP contribution is 2.38. The molecule has 216 valence electrons. The zero-order valence-corrected chi connectivity index (χ0v) is 26.4. The van der Waals surface area contributed by atoms with Crippen molar-refractivity contribution in [3.63, 3.8) is 0 Å². The number of thiocarbonyl (C=S) groups is 1. The minimum atomic E-state index is -0.328. The first-order valence-corrected chi connectivity index (χ1v) is 16.1. The molecule has 0 atom stereocenters. The van der Waals surface area contributed by atoms with Crippen LogP contribution >= 0.6 is 35.7 Å². The Balaban J connectivity index is 1.40. The van der Waals surface area contributed by atoms with Crippen molar-refractivity contribution in [1.29, 1.82) is 0 Å². The topological polar surface area (TPSA) is 65.1 Å². The number of hydrogen-bond acceptors (Lipinski definition) is 6. The summed E-state index contributed by atoms with van der Waals surface area (Å²) in [5.74, 6) is 0.734. The van der Waals surface area contributed by atoms with E-state index in [9.17, 15) is 9.59 Å². The van der Waals surface area contributed by atoms with Crippen LogP contribution in [0.25, 0.3) is 28.7 Å². The third kappa shape index (κ3) is 5.53. The Hall–Kier alpha value is -4.12. The van der Waals surface area contributed by atoms with E-state index in [-0.39, 0.29) is 17.2 Å². The summed E-state index contributed by atoms with van der Waals surface area (Å²) in [5.41, 5.74) is 4.70. The van der Waals surface area contributed by atoms with E-state index in [1.165, 1.54) is 21.6 Å². The number of para-hydroxylation sites is 2. The van der Waals surface area contributed by atoms with Gasteiger partial charge in [0.1, 0.15) is 5.69 Å². The summed E-state index contributed by atoms with van der Waals surface area (Å²) in [6.07, 6.45) is 4.86. The van der Waals surface area contributed by atoms with Gasteiger partial charge in [-0.1, -0.05) is 79.4 Å². The van der Waals surface area contributed by atoms with Gasteiger partial charge in [-0.25, -0.2) is 9.36 Å². The van der Waals surface area contributed by atoms with Crippen molar-refractivity contribution in [3.05, 3.63) is 118 Å². The Morgan fingerprint density at radius 2 is 1.58 bits per heavy atom. The van der Waals surface area contributed by atoms with Crippen LogP contribution in [0.1, 0.15) is 24.6 Å². The molecular formula is C33H29N5O2S3. The van der Waals surface area contributed by atoms with Crippen LogP contribution in [0, 0.1) is 6.92 Å². The highest BCUT2D eigenvalue weighted by atomic mass is 32.2. The van der Waals surface area contributed by atoms with Crippen molar-refractivity contribution >= 4 is 57.7 Å². The molecule has 3 heterocycles. The highest BCUT2D eigenvalue weighted by molar-refractivity contribution is 8.27. The molecule has 0 aliphatic carbocycles. The fourth-order valence-electron chi connectivity index (χ4n) is 4.97. The smallest absolute Gasteiger partial charge is 0.283 e. The van der Waals surface area contributed by atoms with E-state index in [4.69, 9.17) is 17.3 Å². The van der Waals surface area contributed by atoms with E-state index >= 15 is 0 Å². The average Bonchev–Trinajstić information content (AvgIpc) is 3.64. The van der Waals surface area contributed by atoms with Gasteiger partial charge in [-0.15, -0.1) is 11.8 Å². The van der Waals surface area contributed by atoms with Crippen molar-refractivity contribution in [3.8, 4) is 22.6 Å². The lowest BCUT2D eigenvalue weighted by atomic mass is 10.1. The third-order valence-corrected chi connectivity index (χ3v) is 9.71. The molecule has 43 heavy (non-hydrogen) atoms. The van der Waals surface area contributed by atoms with Crippen LogP contribution in [-0.4, -0.2) is 35.1 Å². The monoisotopic (exact) mass is 623 g/mol. The number of hydrogen-bond donors (Lipinski definition) is 0. The molecule has 0 bridgehead atoms. The van der Waals surface area contributed by atoms with Crippen molar-refractivity contribution in [2.75, 3.05) is 10.7 Å². The first-order valence-electron chi connectivity index (χ1n) is 13.9. The van der Waals surface area contributed by atoms with E-state index in [0.29, 0.717) is 20.6 Å².